The number of ether oxygens (including phenoxy) is 3. The van der Waals surface area contributed by atoms with E-state index in [2.05, 4.69) is 15.2 Å². The molecule has 0 bridgehead atoms. The number of morpholine rings is 1. The Labute approximate surface area is 161 Å². The van der Waals surface area contributed by atoms with Gasteiger partial charge in [-0.3, -0.25) is 9.88 Å². The highest BCUT2D eigenvalue weighted by Crippen LogP contribution is 2.25. The van der Waals surface area contributed by atoms with Crippen molar-refractivity contribution in [3.8, 4) is 11.5 Å². The van der Waals surface area contributed by atoms with Gasteiger partial charge >= 0.3 is 0 Å². The van der Waals surface area contributed by atoms with E-state index in [1.54, 1.807) is 13.3 Å². The van der Waals surface area contributed by atoms with Crippen LogP contribution in [0.3, 0.4) is 0 Å². The predicted octanol–water partition coefficient (Wildman–Crippen LogP) is 2.48. The Kier molecular flexibility index (Phi) is 7.89. The zero-order chi connectivity index (χ0) is 18.7. The molecule has 0 unspecified atom stereocenters. The van der Waals surface area contributed by atoms with Crippen LogP contribution < -0.4 is 14.8 Å². The first-order valence-electron chi connectivity index (χ1n) is 9.55. The van der Waals surface area contributed by atoms with E-state index in [0.717, 1.165) is 75.1 Å². The van der Waals surface area contributed by atoms with E-state index < -0.39 is 0 Å². The minimum Gasteiger partial charge on any atom is -0.497 e. The van der Waals surface area contributed by atoms with E-state index in [-0.39, 0.29) is 0 Å². The number of hydrogen-bond acceptors (Lipinski definition) is 6. The maximum Gasteiger partial charge on any atom is 0.130 e. The summed E-state index contributed by atoms with van der Waals surface area (Å²) in [5, 5.41) is 3.52. The summed E-state index contributed by atoms with van der Waals surface area (Å²) < 4.78 is 16.7. The summed E-state index contributed by atoms with van der Waals surface area (Å²) >= 11 is 0. The lowest BCUT2D eigenvalue weighted by molar-refractivity contribution is 0.0374. The zero-order valence-corrected chi connectivity index (χ0v) is 16.0. The van der Waals surface area contributed by atoms with Gasteiger partial charge in [-0.2, -0.15) is 0 Å². The van der Waals surface area contributed by atoms with Crippen LogP contribution in [0.15, 0.2) is 42.6 Å². The van der Waals surface area contributed by atoms with E-state index in [4.69, 9.17) is 14.2 Å². The van der Waals surface area contributed by atoms with Gasteiger partial charge < -0.3 is 19.5 Å². The summed E-state index contributed by atoms with van der Waals surface area (Å²) in [7, 11) is 1.68. The largest absolute Gasteiger partial charge is 0.497 e. The lowest BCUT2D eigenvalue weighted by Gasteiger charge is -2.26. The number of methoxy groups -OCH3 is 1. The number of nitrogens with zero attached hydrogens (tertiary/aromatic N) is 2. The molecule has 6 heteroatoms. The Morgan fingerprint density at radius 1 is 1.19 bits per heavy atom. The zero-order valence-electron chi connectivity index (χ0n) is 16.0. The Morgan fingerprint density at radius 3 is 2.85 bits per heavy atom. The third-order valence-corrected chi connectivity index (χ3v) is 4.62. The van der Waals surface area contributed by atoms with Crippen LogP contribution in [0.1, 0.15) is 17.7 Å². The predicted molar refractivity (Wildman–Crippen MR) is 105 cm³/mol. The van der Waals surface area contributed by atoms with Gasteiger partial charge in [0.1, 0.15) is 18.1 Å². The second-order valence-corrected chi connectivity index (χ2v) is 6.57. The van der Waals surface area contributed by atoms with Crippen LogP contribution in [0.5, 0.6) is 11.5 Å². The Morgan fingerprint density at radius 2 is 2.07 bits per heavy atom. The third kappa shape index (κ3) is 6.50. The van der Waals surface area contributed by atoms with E-state index in [1.807, 2.05) is 36.4 Å². The smallest absolute Gasteiger partial charge is 0.130 e. The van der Waals surface area contributed by atoms with Crippen molar-refractivity contribution in [2.75, 3.05) is 46.5 Å². The van der Waals surface area contributed by atoms with Crippen molar-refractivity contribution >= 4 is 0 Å². The number of benzene rings is 1. The molecular weight excluding hydrogens is 342 g/mol. The van der Waals surface area contributed by atoms with Crippen LogP contribution >= 0.6 is 0 Å². The molecule has 1 saturated heterocycles. The third-order valence-electron chi connectivity index (χ3n) is 4.62. The topological polar surface area (TPSA) is 55.9 Å². The molecule has 0 atom stereocenters. The highest BCUT2D eigenvalue weighted by atomic mass is 16.5. The van der Waals surface area contributed by atoms with Crippen molar-refractivity contribution < 1.29 is 14.2 Å². The molecule has 0 aliphatic carbocycles. The van der Waals surface area contributed by atoms with Crippen molar-refractivity contribution in [1.82, 2.24) is 15.2 Å². The van der Waals surface area contributed by atoms with Crippen molar-refractivity contribution in [3.05, 3.63) is 53.9 Å². The van der Waals surface area contributed by atoms with Crippen LogP contribution in [-0.4, -0.2) is 56.4 Å². The molecule has 0 radical (unpaired) electrons. The SMILES string of the molecule is COc1ccc(OCc2ccccn2)c(CNCCCN2CCOCC2)c1. The molecular formula is C21H29N3O3. The normalized spacial score (nSPS) is 14.9. The van der Waals surface area contributed by atoms with Crippen molar-refractivity contribution in [3.63, 3.8) is 0 Å². The first-order valence-corrected chi connectivity index (χ1v) is 9.55. The number of nitrogens with one attached hydrogen (secondary N) is 1. The van der Waals surface area contributed by atoms with Gasteiger partial charge in [0.05, 0.1) is 26.0 Å². The molecule has 1 aromatic heterocycles. The molecule has 1 aromatic carbocycles. The van der Waals surface area contributed by atoms with Crippen LogP contribution in [0.4, 0.5) is 0 Å². The Hall–Kier alpha value is -2.15. The highest BCUT2D eigenvalue weighted by molar-refractivity contribution is 5.40. The molecule has 1 aliphatic rings. The van der Waals surface area contributed by atoms with E-state index in [1.165, 1.54) is 0 Å². The lowest BCUT2D eigenvalue weighted by Crippen LogP contribution is -2.37. The average Bonchev–Trinajstić information content (AvgIpc) is 2.74. The van der Waals surface area contributed by atoms with Crippen LogP contribution in [0.2, 0.25) is 0 Å². The van der Waals surface area contributed by atoms with E-state index in [0.29, 0.717) is 6.61 Å². The van der Waals surface area contributed by atoms with Gasteiger partial charge in [0, 0.05) is 31.4 Å². The van der Waals surface area contributed by atoms with Gasteiger partial charge in [-0.1, -0.05) is 6.07 Å². The second kappa shape index (κ2) is 10.9. The molecule has 146 valence electrons. The van der Waals surface area contributed by atoms with Gasteiger partial charge in [-0.25, -0.2) is 0 Å². The standard InChI is InChI=1S/C21H29N3O3/c1-25-20-6-7-21(27-17-19-5-2-3-9-23-19)18(15-20)16-22-8-4-10-24-11-13-26-14-12-24/h2-3,5-7,9,15,22H,4,8,10-14,16-17H2,1H3. The van der Waals surface area contributed by atoms with Gasteiger partial charge in [-0.15, -0.1) is 0 Å². The quantitative estimate of drug-likeness (QED) is 0.648. The molecule has 1 N–H and O–H groups in total. The summed E-state index contributed by atoms with van der Waals surface area (Å²) in [4.78, 5) is 6.77. The molecule has 0 saturated carbocycles. The summed E-state index contributed by atoms with van der Waals surface area (Å²) in [6.45, 7) is 7.08. The lowest BCUT2D eigenvalue weighted by atomic mass is 10.2. The molecule has 1 fully saturated rings. The number of rotatable bonds is 10. The molecule has 1 aliphatic heterocycles. The summed E-state index contributed by atoms with van der Waals surface area (Å²) in [5.41, 5.74) is 2.01. The van der Waals surface area contributed by atoms with Gasteiger partial charge in [0.2, 0.25) is 0 Å². The van der Waals surface area contributed by atoms with Crippen LogP contribution in [0.25, 0.3) is 0 Å². The minimum absolute atomic E-state index is 0.456. The molecule has 3 rings (SSSR count). The maximum absolute atomic E-state index is 5.99. The first kappa shape index (κ1) is 19.6. The molecule has 2 aromatic rings. The fourth-order valence-corrected chi connectivity index (χ4v) is 3.07. The number of aromatic nitrogens is 1. The van der Waals surface area contributed by atoms with Crippen LogP contribution in [0, 0.1) is 0 Å². The summed E-state index contributed by atoms with van der Waals surface area (Å²) in [6.07, 6.45) is 2.90. The first-order chi connectivity index (χ1) is 13.3. The summed E-state index contributed by atoms with van der Waals surface area (Å²) in [6, 6.07) is 11.8. The van der Waals surface area contributed by atoms with Gasteiger partial charge in [0.25, 0.3) is 0 Å². The monoisotopic (exact) mass is 371 g/mol. The number of pyridine rings is 1. The highest BCUT2D eigenvalue weighted by Gasteiger charge is 2.10. The maximum atomic E-state index is 5.99. The van der Waals surface area contributed by atoms with E-state index in [9.17, 15) is 0 Å². The fraction of sp³-hybridized carbons (Fsp3) is 0.476. The average molecular weight is 371 g/mol. The van der Waals surface area contributed by atoms with Crippen molar-refractivity contribution in [1.29, 1.82) is 0 Å². The Balaban J connectivity index is 1.48. The summed E-state index contributed by atoms with van der Waals surface area (Å²) in [5.74, 6) is 1.70. The molecule has 6 nitrogen and oxygen atoms in total. The van der Waals surface area contributed by atoms with E-state index >= 15 is 0 Å². The van der Waals surface area contributed by atoms with Gasteiger partial charge in [-0.05, 0) is 49.8 Å². The molecule has 0 amide bonds. The minimum atomic E-state index is 0.456. The van der Waals surface area contributed by atoms with Crippen molar-refractivity contribution in [2.45, 2.75) is 19.6 Å². The molecule has 27 heavy (non-hydrogen) atoms. The Bertz CT molecular complexity index is 676. The van der Waals surface area contributed by atoms with Crippen molar-refractivity contribution in [2.24, 2.45) is 0 Å². The molecule has 0 spiro atoms. The van der Waals surface area contributed by atoms with Crippen LogP contribution in [-0.2, 0) is 17.9 Å². The fourth-order valence-electron chi connectivity index (χ4n) is 3.07. The molecule has 2 heterocycles. The second-order valence-electron chi connectivity index (χ2n) is 6.57. The van der Waals surface area contributed by atoms with Gasteiger partial charge in [0.15, 0.2) is 0 Å². The number of hydrogen-bond donors (Lipinski definition) is 1.